The summed E-state index contributed by atoms with van der Waals surface area (Å²) in [4.78, 5) is 12.7. The molecule has 11 heteroatoms. The van der Waals surface area contributed by atoms with E-state index in [2.05, 4.69) is 17.1 Å². The van der Waals surface area contributed by atoms with E-state index in [-0.39, 0.29) is 23.8 Å². The number of anilines is 1. The van der Waals surface area contributed by atoms with Gasteiger partial charge in [0.2, 0.25) is 5.78 Å². The number of methoxy groups -OCH3 is 1. The molecule has 1 aromatic carbocycles. The van der Waals surface area contributed by atoms with Gasteiger partial charge in [-0.15, -0.1) is 4.68 Å². The minimum absolute atomic E-state index is 0.0171. The van der Waals surface area contributed by atoms with Gasteiger partial charge in [-0.05, 0) is 34.8 Å². The van der Waals surface area contributed by atoms with Crippen molar-refractivity contribution >= 4 is 17.4 Å². The maximum atomic E-state index is 13.1. The summed E-state index contributed by atoms with van der Waals surface area (Å²) in [5.74, 6) is -0.282. The van der Waals surface area contributed by atoms with E-state index >= 15 is 0 Å². The number of alkyl halides is 3. The number of benzene rings is 1. The van der Waals surface area contributed by atoms with Gasteiger partial charge in [-0.3, -0.25) is 4.79 Å². The molecule has 0 spiro atoms. The maximum Gasteiger partial charge on any atom is 0.416 e. The summed E-state index contributed by atoms with van der Waals surface area (Å²) in [5.41, 5.74) is 5.17. The Kier molecular flexibility index (Phi) is 6.62. The molecule has 3 aromatic rings. The second kappa shape index (κ2) is 9.19. The fourth-order valence-electron chi connectivity index (χ4n) is 2.97. The SMILES string of the molecule is CCCCCOc1ccc2n(n1)c(N)n[n+]2CC(=O)c1cc(OC)cc(C(F)(F)F)c1. The lowest BCUT2D eigenvalue weighted by Gasteiger charge is -2.10. The van der Waals surface area contributed by atoms with E-state index in [0.717, 1.165) is 31.4 Å². The Morgan fingerprint density at radius 2 is 2.00 bits per heavy atom. The lowest BCUT2D eigenvalue weighted by molar-refractivity contribution is -0.714. The standard InChI is InChI=1S/C20H23F3N5O3/c1-3-4-5-8-31-17-6-7-18-27(26-19(24)28(18)25-17)12-16(29)13-9-14(20(21,22)23)11-15(10-13)30-2/h6-7,9-11H,3-5,8,12H2,1-2H3,(H2,24,26)/q+1. The predicted octanol–water partition coefficient (Wildman–Crippen LogP) is 3.08. The molecule has 0 fully saturated rings. The molecule has 0 saturated heterocycles. The molecule has 0 aliphatic rings. The number of nitrogens with two attached hydrogens (primary N) is 1. The zero-order valence-electron chi connectivity index (χ0n) is 17.1. The van der Waals surface area contributed by atoms with Crippen molar-refractivity contribution in [2.75, 3.05) is 19.5 Å². The van der Waals surface area contributed by atoms with Crippen LogP contribution in [0.2, 0.25) is 0 Å². The number of aromatic nitrogens is 4. The van der Waals surface area contributed by atoms with Crippen molar-refractivity contribution in [3.05, 3.63) is 41.5 Å². The van der Waals surface area contributed by atoms with Crippen molar-refractivity contribution < 1.29 is 32.1 Å². The van der Waals surface area contributed by atoms with E-state index < -0.39 is 17.5 Å². The molecule has 8 nitrogen and oxygen atoms in total. The number of ketones is 1. The van der Waals surface area contributed by atoms with Crippen LogP contribution in [-0.2, 0) is 12.7 Å². The molecule has 0 aliphatic heterocycles. The third-order valence-corrected chi connectivity index (χ3v) is 4.58. The number of unbranched alkanes of at least 4 members (excludes halogenated alkanes) is 2. The van der Waals surface area contributed by atoms with E-state index in [1.807, 2.05) is 0 Å². The Bertz CT molecular complexity index is 1080. The molecule has 2 N–H and O–H groups in total. The summed E-state index contributed by atoms with van der Waals surface area (Å²) >= 11 is 0. The van der Waals surface area contributed by atoms with E-state index in [4.69, 9.17) is 15.2 Å². The Balaban J connectivity index is 1.84. The number of rotatable bonds is 9. The molecule has 0 unspecified atom stereocenters. The first-order chi connectivity index (χ1) is 14.7. The summed E-state index contributed by atoms with van der Waals surface area (Å²) in [7, 11) is 1.23. The number of carbonyl (C=O) groups excluding carboxylic acids is 1. The molecule has 0 radical (unpaired) electrons. The van der Waals surface area contributed by atoms with E-state index in [9.17, 15) is 18.0 Å². The summed E-state index contributed by atoms with van der Waals surface area (Å²) < 4.78 is 52.5. The highest BCUT2D eigenvalue weighted by molar-refractivity contribution is 5.95. The van der Waals surface area contributed by atoms with Crippen molar-refractivity contribution in [2.45, 2.75) is 38.9 Å². The van der Waals surface area contributed by atoms with Crippen molar-refractivity contribution in [1.82, 2.24) is 14.7 Å². The molecular formula is C20H23F3N5O3+. The maximum absolute atomic E-state index is 13.1. The van der Waals surface area contributed by atoms with E-state index in [0.29, 0.717) is 18.1 Å². The van der Waals surface area contributed by atoms with Crippen LogP contribution >= 0.6 is 0 Å². The van der Waals surface area contributed by atoms with Crippen LogP contribution in [0.15, 0.2) is 30.3 Å². The van der Waals surface area contributed by atoms with Gasteiger partial charge in [-0.2, -0.15) is 13.2 Å². The monoisotopic (exact) mass is 438 g/mol. The zero-order chi connectivity index (χ0) is 22.6. The molecule has 2 aromatic heterocycles. The van der Waals surface area contributed by atoms with Gasteiger partial charge >= 0.3 is 17.8 Å². The number of fused-ring (bicyclic) bond motifs is 1. The molecule has 166 valence electrons. The van der Waals surface area contributed by atoms with Gasteiger partial charge in [-0.1, -0.05) is 24.3 Å². The lowest BCUT2D eigenvalue weighted by Crippen LogP contribution is -2.40. The Hall–Kier alpha value is -3.37. The zero-order valence-corrected chi connectivity index (χ0v) is 17.1. The van der Waals surface area contributed by atoms with Crippen LogP contribution in [0.4, 0.5) is 19.1 Å². The van der Waals surface area contributed by atoms with Gasteiger partial charge in [0.1, 0.15) is 5.75 Å². The number of ether oxygens (including phenoxy) is 2. The minimum Gasteiger partial charge on any atom is -0.497 e. The first kappa shape index (κ1) is 22.3. The molecule has 3 rings (SSSR count). The number of hydrogen-bond donors (Lipinski definition) is 1. The minimum atomic E-state index is -4.61. The van der Waals surface area contributed by atoms with Crippen LogP contribution in [0.5, 0.6) is 11.6 Å². The largest absolute Gasteiger partial charge is 0.497 e. The van der Waals surface area contributed by atoms with Crippen LogP contribution < -0.4 is 19.9 Å². The third kappa shape index (κ3) is 5.22. The molecule has 0 bridgehead atoms. The molecule has 0 amide bonds. The highest BCUT2D eigenvalue weighted by Crippen LogP contribution is 2.32. The molecule has 0 atom stereocenters. The number of Topliss-reactive ketones (excluding diaryl/α,β-unsaturated/α-hetero) is 1. The second-order valence-electron chi connectivity index (χ2n) is 6.88. The second-order valence-corrected chi connectivity index (χ2v) is 6.88. The predicted molar refractivity (Wildman–Crippen MR) is 105 cm³/mol. The van der Waals surface area contributed by atoms with E-state index in [1.165, 1.54) is 22.4 Å². The molecule has 31 heavy (non-hydrogen) atoms. The van der Waals surface area contributed by atoms with Crippen LogP contribution in [0.25, 0.3) is 5.65 Å². The molecule has 2 heterocycles. The number of nitrogens with zero attached hydrogens (tertiary/aromatic N) is 4. The molecule has 0 saturated carbocycles. The highest BCUT2D eigenvalue weighted by atomic mass is 19.4. The van der Waals surface area contributed by atoms with Crippen molar-refractivity contribution in [3.8, 4) is 11.6 Å². The van der Waals surface area contributed by atoms with Crippen molar-refractivity contribution in [2.24, 2.45) is 0 Å². The normalized spacial score (nSPS) is 11.6. The van der Waals surface area contributed by atoms with Crippen LogP contribution in [0.1, 0.15) is 42.1 Å². The number of halogens is 3. The fourth-order valence-corrected chi connectivity index (χ4v) is 2.97. The first-order valence-corrected chi connectivity index (χ1v) is 9.70. The van der Waals surface area contributed by atoms with Gasteiger partial charge in [0.25, 0.3) is 5.88 Å². The quantitative estimate of drug-likeness (QED) is 0.313. The summed E-state index contributed by atoms with van der Waals surface area (Å²) in [6.07, 6.45) is -1.61. The Morgan fingerprint density at radius 3 is 2.68 bits per heavy atom. The van der Waals surface area contributed by atoms with Gasteiger partial charge in [0.15, 0.2) is 6.54 Å². The average Bonchev–Trinajstić information content (AvgIpc) is 3.05. The van der Waals surface area contributed by atoms with Gasteiger partial charge in [0.05, 0.1) is 19.3 Å². The van der Waals surface area contributed by atoms with Gasteiger partial charge < -0.3 is 15.2 Å². The number of carbonyl (C=O) groups is 1. The highest BCUT2D eigenvalue weighted by Gasteiger charge is 2.32. The molecule has 0 aliphatic carbocycles. The topological polar surface area (TPSA) is 95.6 Å². The number of nitrogen functional groups attached to an aromatic ring is 1. The average molecular weight is 438 g/mol. The first-order valence-electron chi connectivity index (χ1n) is 9.70. The van der Waals surface area contributed by atoms with Crippen molar-refractivity contribution in [3.63, 3.8) is 0 Å². The Morgan fingerprint density at radius 1 is 1.23 bits per heavy atom. The van der Waals surface area contributed by atoms with Crippen LogP contribution in [0, 0.1) is 0 Å². The van der Waals surface area contributed by atoms with Crippen LogP contribution in [-0.4, -0.2) is 34.2 Å². The summed E-state index contributed by atoms with van der Waals surface area (Å²) in [5, 5.41) is 8.34. The summed E-state index contributed by atoms with van der Waals surface area (Å²) in [6.45, 7) is 2.27. The third-order valence-electron chi connectivity index (χ3n) is 4.58. The van der Waals surface area contributed by atoms with E-state index in [1.54, 1.807) is 12.1 Å². The van der Waals surface area contributed by atoms with Gasteiger partial charge in [-0.25, -0.2) is 0 Å². The number of hydrogen-bond acceptors (Lipinski definition) is 6. The van der Waals surface area contributed by atoms with Gasteiger partial charge in [0, 0.05) is 17.7 Å². The smallest absolute Gasteiger partial charge is 0.416 e. The summed E-state index contributed by atoms with van der Waals surface area (Å²) in [6, 6.07) is 6.12. The van der Waals surface area contributed by atoms with Crippen molar-refractivity contribution in [1.29, 1.82) is 0 Å². The fraction of sp³-hybridized carbons (Fsp3) is 0.400. The molecular weight excluding hydrogens is 415 g/mol. The lowest BCUT2D eigenvalue weighted by atomic mass is 10.1. The Labute approximate surface area is 176 Å². The van der Waals surface area contributed by atoms with Crippen LogP contribution in [0.3, 0.4) is 0 Å².